The maximum absolute atomic E-state index is 11.9. The molecule has 4 heteroatoms. The van der Waals surface area contributed by atoms with Gasteiger partial charge in [0.05, 0.1) is 11.3 Å². The summed E-state index contributed by atoms with van der Waals surface area (Å²) in [4.78, 5) is 11.9. The van der Waals surface area contributed by atoms with Crippen LogP contribution in [-0.4, -0.2) is 17.7 Å². The molecule has 1 unspecified atom stereocenters. The molecule has 1 heterocycles. The fourth-order valence-electron chi connectivity index (χ4n) is 3.31. The van der Waals surface area contributed by atoms with Crippen molar-refractivity contribution in [2.75, 3.05) is 0 Å². The molecule has 0 radical (unpaired) electrons. The third-order valence-electron chi connectivity index (χ3n) is 4.52. The minimum absolute atomic E-state index is 0.0575. The summed E-state index contributed by atoms with van der Waals surface area (Å²) in [6.07, 6.45) is 15.8. The predicted molar refractivity (Wildman–Crippen MR) is 80.2 cm³/mol. The zero-order valence-corrected chi connectivity index (χ0v) is 11.9. The van der Waals surface area contributed by atoms with Crippen LogP contribution in [0.4, 0.5) is 0 Å². The van der Waals surface area contributed by atoms with E-state index >= 15 is 0 Å². The molecule has 2 N–H and O–H groups in total. The molecule has 1 aliphatic heterocycles. The van der Waals surface area contributed by atoms with Gasteiger partial charge in [-0.2, -0.15) is 5.10 Å². The normalized spacial score (nSPS) is 29.4. The van der Waals surface area contributed by atoms with E-state index in [1.165, 1.54) is 32.1 Å². The molecule has 0 saturated heterocycles. The number of allylic oxidation sites excluding steroid dienone is 2. The fraction of sp³-hybridized carbons (Fsp3) is 0.625. The van der Waals surface area contributed by atoms with Crippen LogP contribution in [0.2, 0.25) is 0 Å². The van der Waals surface area contributed by atoms with Crippen LogP contribution < -0.4 is 10.7 Å². The van der Waals surface area contributed by atoms with Crippen molar-refractivity contribution in [2.24, 2.45) is 11.0 Å². The monoisotopic (exact) mass is 273 g/mol. The molecule has 0 aromatic heterocycles. The SMILES string of the molecule is O=C1NN=C(C2CC=CCC2)/C1=C/NC1CCCCC1. The van der Waals surface area contributed by atoms with E-state index in [2.05, 4.69) is 28.0 Å². The molecule has 20 heavy (non-hydrogen) atoms. The number of rotatable bonds is 3. The first-order valence-electron chi connectivity index (χ1n) is 7.84. The van der Waals surface area contributed by atoms with Gasteiger partial charge in [0.2, 0.25) is 0 Å². The Kier molecular flexibility index (Phi) is 4.19. The second-order valence-electron chi connectivity index (χ2n) is 5.98. The zero-order chi connectivity index (χ0) is 13.8. The maximum Gasteiger partial charge on any atom is 0.274 e. The Labute approximate surface area is 120 Å². The molecule has 1 amide bonds. The quantitative estimate of drug-likeness (QED) is 0.613. The van der Waals surface area contributed by atoms with Crippen LogP contribution in [0.1, 0.15) is 51.4 Å². The van der Waals surface area contributed by atoms with Crippen LogP contribution in [0, 0.1) is 5.92 Å². The third kappa shape index (κ3) is 2.94. The van der Waals surface area contributed by atoms with Gasteiger partial charge in [0.15, 0.2) is 0 Å². The number of nitrogens with zero attached hydrogens (tertiary/aromatic N) is 1. The predicted octanol–water partition coefficient (Wildman–Crippen LogP) is 2.63. The van der Waals surface area contributed by atoms with Crippen molar-refractivity contribution in [1.29, 1.82) is 0 Å². The van der Waals surface area contributed by atoms with Gasteiger partial charge in [0, 0.05) is 18.2 Å². The van der Waals surface area contributed by atoms with Gasteiger partial charge in [-0.3, -0.25) is 4.79 Å². The lowest BCUT2D eigenvalue weighted by Crippen LogP contribution is -2.29. The molecule has 0 spiro atoms. The number of nitrogens with one attached hydrogen (secondary N) is 2. The zero-order valence-electron chi connectivity index (χ0n) is 11.9. The highest BCUT2D eigenvalue weighted by atomic mass is 16.2. The molecule has 3 rings (SSSR count). The van der Waals surface area contributed by atoms with E-state index in [-0.39, 0.29) is 5.91 Å². The summed E-state index contributed by atoms with van der Waals surface area (Å²) in [6, 6.07) is 0.525. The Balaban J connectivity index is 1.67. The average Bonchev–Trinajstić information content (AvgIpc) is 2.88. The molecule has 3 aliphatic rings. The van der Waals surface area contributed by atoms with E-state index < -0.39 is 0 Å². The number of hydrogen-bond donors (Lipinski definition) is 2. The number of hydrogen-bond acceptors (Lipinski definition) is 3. The summed E-state index contributed by atoms with van der Waals surface area (Å²) in [5, 5.41) is 7.70. The summed E-state index contributed by atoms with van der Waals surface area (Å²) in [5.74, 6) is 0.330. The first-order chi connectivity index (χ1) is 9.84. The Morgan fingerprint density at radius 3 is 2.80 bits per heavy atom. The lowest BCUT2D eigenvalue weighted by Gasteiger charge is -2.22. The minimum Gasteiger partial charge on any atom is -0.387 e. The first-order valence-corrected chi connectivity index (χ1v) is 7.84. The van der Waals surface area contributed by atoms with Crippen LogP contribution >= 0.6 is 0 Å². The Hall–Kier alpha value is -1.58. The number of carbonyl (C=O) groups excluding carboxylic acids is 1. The second-order valence-corrected chi connectivity index (χ2v) is 5.98. The molecular weight excluding hydrogens is 250 g/mol. The molecule has 4 nitrogen and oxygen atoms in total. The summed E-state index contributed by atoms with van der Waals surface area (Å²) in [7, 11) is 0. The summed E-state index contributed by atoms with van der Waals surface area (Å²) >= 11 is 0. The van der Waals surface area contributed by atoms with Crippen molar-refractivity contribution in [1.82, 2.24) is 10.7 Å². The van der Waals surface area contributed by atoms with E-state index in [1.54, 1.807) is 0 Å². The maximum atomic E-state index is 11.9. The van der Waals surface area contributed by atoms with E-state index in [0.717, 1.165) is 30.5 Å². The van der Waals surface area contributed by atoms with Gasteiger partial charge in [0.25, 0.3) is 5.91 Å². The van der Waals surface area contributed by atoms with Crippen LogP contribution in [-0.2, 0) is 4.79 Å². The average molecular weight is 273 g/mol. The smallest absolute Gasteiger partial charge is 0.274 e. The highest BCUT2D eigenvalue weighted by Crippen LogP contribution is 2.25. The molecule has 1 atom stereocenters. The van der Waals surface area contributed by atoms with Crippen molar-refractivity contribution in [3.63, 3.8) is 0 Å². The molecule has 1 saturated carbocycles. The van der Waals surface area contributed by atoms with Crippen LogP contribution in [0.3, 0.4) is 0 Å². The van der Waals surface area contributed by atoms with Crippen molar-refractivity contribution >= 4 is 11.6 Å². The largest absolute Gasteiger partial charge is 0.387 e. The molecule has 0 aromatic rings. The van der Waals surface area contributed by atoms with Gasteiger partial charge < -0.3 is 5.32 Å². The second kappa shape index (κ2) is 6.25. The van der Waals surface area contributed by atoms with E-state index in [1.807, 2.05) is 6.20 Å². The van der Waals surface area contributed by atoms with Crippen LogP contribution in [0.25, 0.3) is 0 Å². The van der Waals surface area contributed by atoms with Gasteiger partial charge >= 0.3 is 0 Å². The lowest BCUT2D eigenvalue weighted by atomic mass is 9.87. The van der Waals surface area contributed by atoms with E-state index in [4.69, 9.17) is 0 Å². The van der Waals surface area contributed by atoms with Gasteiger partial charge in [-0.1, -0.05) is 31.4 Å². The number of carbonyl (C=O) groups is 1. The van der Waals surface area contributed by atoms with E-state index in [9.17, 15) is 4.79 Å². The molecule has 0 bridgehead atoms. The highest BCUT2D eigenvalue weighted by Gasteiger charge is 2.29. The Bertz CT molecular complexity index is 458. The summed E-state index contributed by atoms with van der Waals surface area (Å²) < 4.78 is 0. The lowest BCUT2D eigenvalue weighted by molar-refractivity contribution is -0.116. The fourth-order valence-corrected chi connectivity index (χ4v) is 3.31. The van der Waals surface area contributed by atoms with Gasteiger partial charge in [-0.15, -0.1) is 0 Å². The van der Waals surface area contributed by atoms with E-state index in [0.29, 0.717) is 12.0 Å². The van der Waals surface area contributed by atoms with Gasteiger partial charge in [0.1, 0.15) is 0 Å². The topological polar surface area (TPSA) is 53.5 Å². The Morgan fingerprint density at radius 1 is 1.20 bits per heavy atom. The van der Waals surface area contributed by atoms with Crippen molar-refractivity contribution in [3.8, 4) is 0 Å². The van der Waals surface area contributed by atoms with Crippen LogP contribution in [0.5, 0.6) is 0 Å². The van der Waals surface area contributed by atoms with Crippen LogP contribution in [0.15, 0.2) is 29.0 Å². The Morgan fingerprint density at radius 2 is 2.05 bits per heavy atom. The minimum atomic E-state index is -0.0575. The van der Waals surface area contributed by atoms with Crippen molar-refractivity contribution < 1.29 is 4.79 Å². The molecule has 1 fully saturated rings. The molecular formula is C16H23N3O. The molecule has 2 aliphatic carbocycles. The molecule has 108 valence electrons. The third-order valence-corrected chi connectivity index (χ3v) is 4.52. The molecule has 0 aromatic carbocycles. The van der Waals surface area contributed by atoms with Gasteiger partial charge in [-0.05, 0) is 32.1 Å². The first kappa shape index (κ1) is 13.4. The van der Waals surface area contributed by atoms with Crippen molar-refractivity contribution in [2.45, 2.75) is 57.4 Å². The summed E-state index contributed by atoms with van der Waals surface area (Å²) in [6.45, 7) is 0. The van der Waals surface area contributed by atoms with Gasteiger partial charge in [-0.25, -0.2) is 5.43 Å². The number of amides is 1. The summed E-state index contributed by atoms with van der Waals surface area (Å²) in [5.41, 5.74) is 4.31. The highest BCUT2D eigenvalue weighted by molar-refractivity contribution is 6.25. The standard InChI is InChI=1S/C16H23N3O/c20-16-14(11-17-13-9-5-2-6-10-13)15(18-19-16)12-7-3-1-4-8-12/h1,3,11-13,17H,2,4-10H2,(H,19,20)/b14-11-. The van der Waals surface area contributed by atoms with Crippen molar-refractivity contribution in [3.05, 3.63) is 23.9 Å². The number of hydrazone groups is 1.